The number of pyridine rings is 1. The van der Waals surface area contributed by atoms with Gasteiger partial charge in [0.05, 0.1) is 31.0 Å². The summed E-state index contributed by atoms with van der Waals surface area (Å²) in [5.41, 5.74) is -0.402. The van der Waals surface area contributed by atoms with E-state index >= 15 is 0 Å². The second kappa shape index (κ2) is 7.43. The number of nitrogens with zero attached hydrogens (tertiary/aromatic N) is 1. The fourth-order valence-corrected chi connectivity index (χ4v) is 2.14. The van der Waals surface area contributed by atoms with Crippen LogP contribution in [0.1, 0.15) is 31.1 Å². The SMILES string of the molecule is COC(=O)c1ccc(C(=O)OC)c(NC(=O)c2cccn(C)c2=O)c1. The van der Waals surface area contributed by atoms with E-state index in [1.165, 1.54) is 56.3 Å². The number of ether oxygens (including phenoxy) is 2. The number of aryl methyl sites for hydroxylation is 1. The summed E-state index contributed by atoms with van der Waals surface area (Å²) in [6, 6.07) is 6.89. The summed E-state index contributed by atoms with van der Waals surface area (Å²) in [5.74, 6) is -2.05. The summed E-state index contributed by atoms with van der Waals surface area (Å²) in [6.07, 6.45) is 1.51. The molecule has 2 aromatic rings. The summed E-state index contributed by atoms with van der Waals surface area (Å²) < 4.78 is 10.5. The van der Waals surface area contributed by atoms with Gasteiger partial charge in [0.2, 0.25) is 0 Å². The van der Waals surface area contributed by atoms with Crippen LogP contribution < -0.4 is 10.9 Å². The second-order valence-corrected chi connectivity index (χ2v) is 5.04. The van der Waals surface area contributed by atoms with Crippen LogP contribution in [0.2, 0.25) is 0 Å². The molecule has 1 aromatic carbocycles. The third-order valence-corrected chi connectivity index (χ3v) is 3.46. The summed E-state index contributed by atoms with van der Waals surface area (Å²) in [6.45, 7) is 0. The summed E-state index contributed by atoms with van der Waals surface area (Å²) in [5, 5.41) is 2.47. The van der Waals surface area contributed by atoms with Gasteiger partial charge in [-0.15, -0.1) is 0 Å². The fraction of sp³-hybridized carbons (Fsp3) is 0.176. The van der Waals surface area contributed by atoms with E-state index in [1.54, 1.807) is 6.07 Å². The molecule has 0 saturated carbocycles. The molecule has 1 aromatic heterocycles. The molecule has 2 rings (SSSR count). The quantitative estimate of drug-likeness (QED) is 0.836. The minimum Gasteiger partial charge on any atom is -0.465 e. The van der Waals surface area contributed by atoms with Crippen molar-refractivity contribution in [1.82, 2.24) is 4.57 Å². The summed E-state index contributed by atoms with van der Waals surface area (Å²) >= 11 is 0. The highest BCUT2D eigenvalue weighted by molar-refractivity contribution is 6.08. The lowest BCUT2D eigenvalue weighted by Gasteiger charge is -2.11. The van der Waals surface area contributed by atoms with E-state index in [2.05, 4.69) is 14.8 Å². The van der Waals surface area contributed by atoms with Crippen LogP contribution >= 0.6 is 0 Å². The molecule has 1 N–H and O–H groups in total. The molecule has 0 fully saturated rings. The van der Waals surface area contributed by atoms with Crippen molar-refractivity contribution in [2.24, 2.45) is 7.05 Å². The van der Waals surface area contributed by atoms with E-state index in [4.69, 9.17) is 0 Å². The molecule has 0 atom stereocenters. The van der Waals surface area contributed by atoms with Crippen LogP contribution in [0, 0.1) is 0 Å². The van der Waals surface area contributed by atoms with Gasteiger partial charge in [-0.05, 0) is 30.3 Å². The van der Waals surface area contributed by atoms with Crippen molar-refractivity contribution in [3.8, 4) is 0 Å². The van der Waals surface area contributed by atoms with Crippen molar-refractivity contribution >= 4 is 23.5 Å². The average molecular weight is 344 g/mol. The Morgan fingerprint density at radius 3 is 2.32 bits per heavy atom. The number of carbonyl (C=O) groups is 3. The van der Waals surface area contributed by atoms with E-state index in [9.17, 15) is 19.2 Å². The highest BCUT2D eigenvalue weighted by Crippen LogP contribution is 2.20. The molecule has 8 heteroatoms. The van der Waals surface area contributed by atoms with Crippen molar-refractivity contribution in [1.29, 1.82) is 0 Å². The van der Waals surface area contributed by atoms with Crippen LogP contribution in [-0.4, -0.2) is 36.6 Å². The zero-order chi connectivity index (χ0) is 18.6. The summed E-state index contributed by atoms with van der Waals surface area (Å²) in [4.78, 5) is 48.0. The van der Waals surface area contributed by atoms with Crippen LogP contribution in [0.25, 0.3) is 0 Å². The van der Waals surface area contributed by atoms with Gasteiger partial charge in [0, 0.05) is 13.2 Å². The third kappa shape index (κ3) is 3.74. The average Bonchev–Trinajstić information content (AvgIpc) is 2.62. The van der Waals surface area contributed by atoms with Crippen LogP contribution in [0.15, 0.2) is 41.3 Å². The van der Waals surface area contributed by atoms with Gasteiger partial charge >= 0.3 is 11.9 Å². The van der Waals surface area contributed by atoms with Gasteiger partial charge in [-0.2, -0.15) is 0 Å². The molecule has 0 unspecified atom stereocenters. The van der Waals surface area contributed by atoms with Gasteiger partial charge in [0.1, 0.15) is 5.56 Å². The number of esters is 2. The van der Waals surface area contributed by atoms with E-state index < -0.39 is 23.4 Å². The normalized spacial score (nSPS) is 10.0. The second-order valence-electron chi connectivity index (χ2n) is 5.04. The van der Waals surface area contributed by atoms with Crippen molar-refractivity contribution in [3.63, 3.8) is 0 Å². The third-order valence-electron chi connectivity index (χ3n) is 3.46. The first-order valence-electron chi connectivity index (χ1n) is 7.16. The van der Waals surface area contributed by atoms with Crippen LogP contribution in [0.5, 0.6) is 0 Å². The van der Waals surface area contributed by atoms with Gasteiger partial charge in [-0.3, -0.25) is 9.59 Å². The topological polar surface area (TPSA) is 104 Å². The van der Waals surface area contributed by atoms with E-state index in [0.29, 0.717) is 0 Å². The Labute approximate surface area is 143 Å². The molecule has 1 heterocycles. The van der Waals surface area contributed by atoms with E-state index in [-0.39, 0.29) is 22.4 Å². The Kier molecular flexibility index (Phi) is 5.33. The molecule has 0 bridgehead atoms. The summed E-state index contributed by atoms with van der Waals surface area (Å²) in [7, 11) is 3.91. The number of anilines is 1. The molecule has 0 aliphatic heterocycles. The number of benzene rings is 1. The molecule has 130 valence electrons. The largest absolute Gasteiger partial charge is 0.465 e. The number of methoxy groups -OCH3 is 2. The van der Waals surface area contributed by atoms with Gasteiger partial charge in [-0.1, -0.05) is 0 Å². The lowest BCUT2D eigenvalue weighted by Crippen LogP contribution is -2.27. The first-order valence-corrected chi connectivity index (χ1v) is 7.16. The van der Waals surface area contributed by atoms with Gasteiger partial charge in [0.15, 0.2) is 0 Å². The molecule has 8 nitrogen and oxygen atoms in total. The number of carbonyl (C=O) groups excluding carboxylic acids is 3. The number of nitrogens with one attached hydrogen (secondary N) is 1. The fourth-order valence-electron chi connectivity index (χ4n) is 2.14. The molecular weight excluding hydrogens is 328 g/mol. The predicted octanol–water partition coefficient (Wildman–Crippen LogP) is 1.21. The lowest BCUT2D eigenvalue weighted by atomic mass is 10.1. The molecule has 25 heavy (non-hydrogen) atoms. The Bertz CT molecular complexity index is 900. The number of aromatic nitrogens is 1. The zero-order valence-electron chi connectivity index (χ0n) is 13.9. The van der Waals surface area contributed by atoms with Gasteiger partial charge < -0.3 is 19.4 Å². The maximum Gasteiger partial charge on any atom is 0.339 e. The standard InChI is InChI=1S/C17H16N2O6/c1-19-8-4-5-12(15(19)21)14(20)18-13-9-10(16(22)24-2)6-7-11(13)17(23)25-3/h4-9H,1-3H3,(H,18,20). The highest BCUT2D eigenvalue weighted by atomic mass is 16.5. The maximum atomic E-state index is 12.4. The molecular formula is C17H16N2O6. The Morgan fingerprint density at radius 1 is 1.00 bits per heavy atom. The Morgan fingerprint density at radius 2 is 1.68 bits per heavy atom. The molecule has 0 radical (unpaired) electrons. The van der Waals surface area contributed by atoms with Crippen LogP contribution in [-0.2, 0) is 16.5 Å². The minimum absolute atomic E-state index is 0.0330. The molecule has 0 spiro atoms. The van der Waals surface area contributed by atoms with Crippen LogP contribution in [0.3, 0.4) is 0 Å². The van der Waals surface area contributed by atoms with E-state index in [1.807, 2.05) is 0 Å². The molecule has 0 aliphatic carbocycles. The van der Waals surface area contributed by atoms with Crippen LogP contribution in [0.4, 0.5) is 5.69 Å². The monoisotopic (exact) mass is 344 g/mol. The van der Waals surface area contributed by atoms with Crippen molar-refractivity contribution in [2.75, 3.05) is 19.5 Å². The number of hydrogen-bond donors (Lipinski definition) is 1. The lowest BCUT2D eigenvalue weighted by molar-refractivity contribution is 0.0587. The predicted molar refractivity (Wildman–Crippen MR) is 88.8 cm³/mol. The Hall–Kier alpha value is -3.42. The van der Waals surface area contributed by atoms with Crippen molar-refractivity contribution in [2.45, 2.75) is 0 Å². The minimum atomic E-state index is -0.714. The number of hydrogen-bond acceptors (Lipinski definition) is 6. The first-order chi connectivity index (χ1) is 11.9. The van der Waals surface area contributed by atoms with Crippen molar-refractivity contribution in [3.05, 3.63) is 63.6 Å². The van der Waals surface area contributed by atoms with E-state index in [0.717, 1.165) is 0 Å². The first kappa shape index (κ1) is 17.9. The highest BCUT2D eigenvalue weighted by Gasteiger charge is 2.19. The maximum absolute atomic E-state index is 12.4. The zero-order valence-corrected chi connectivity index (χ0v) is 13.9. The van der Waals surface area contributed by atoms with Gasteiger partial charge in [-0.25, -0.2) is 9.59 Å². The van der Waals surface area contributed by atoms with Crippen molar-refractivity contribution < 1.29 is 23.9 Å². The number of amides is 1. The Balaban J connectivity index is 2.46. The molecule has 0 saturated heterocycles. The smallest absolute Gasteiger partial charge is 0.339 e. The molecule has 1 amide bonds. The van der Waals surface area contributed by atoms with Gasteiger partial charge in [0.25, 0.3) is 11.5 Å². The molecule has 0 aliphatic rings. The number of rotatable bonds is 4.